The van der Waals surface area contributed by atoms with Gasteiger partial charge in [-0.3, -0.25) is 0 Å². The first-order valence-electron chi connectivity index (χ1n) is 5.12. The molecule has 1 nitrogen and oxygen atoms in total. The zero-order chi connectivity index (χ0) is 9.61. The maximum absolute atomic E-state index is 5.55. The van der Waals surface area contributed by atoms with Gasteiger partial charge in [-0.15, -0.1) is 0 Å². The van der Waals surface area contributed by atoms with Gasteiger partial charge in [-0.25, -0.2) is 0 Å². The van der Waals surface area contributed by atoms with Gasteiger partial charge in [-0.2, -0.15) is 0 Å². The highest BCUT2D eigenvalue weighted by atomic mass is 16.5. The molecule has 0 heterocycles. The van der Waals surface area contributed by atoms with Gasteiger partial charge in [-0.05, 0) is 19.3 Å². The van der Waals surface area contributed by atoms with E-state index in [-0.39, 0.29) is 5.60 Å². The highest BCUT2D eigenvalue weighted by Gasteiger charge is 2.26. The van der Waals surface area contributed by atoms with Crippen molar-refractivity contribution in [1.29, 1.82) is 0 Å². The summed E-state index contributed by atoms with van der Waals surface area (Å²) >= 11 is 0. The third-order valence-corrected chi connectivity index (χ3v) is 2.96. The molecule has 0 N–H and O–H groups in total. The van der Waals surface area contributed by atoms with Gasteiger partial charge >= 0.3 is 0 Å². The fourth-order valence-corrected chi connectivity index (χ4v) is 1.35. The normalized spacial score (nSPS) is 16.5. The fraction of sp³-hybridized carbons (Fsp3) is 1.00. The van der Waals surface area contributed by atoms with Gasteiger partial charge in [0.1, 0.15) is 0 Å². The van der Waals surface area contributed by atoms with Crippen molar-refractivity contribution in [3.05, 3.63) is 0 Å². The molecular formula is C11H24O. The zero-order valence-corrected chi connectivity index (χ0v) is 9.31. The summed E-state index contributed by atoms with van der Waals surface area (Å²) in [6.07, 6.45) is 5.09. The van der Waals surface area contributed by atoms with Crippen LogP contribution in [0.3, 0.4) is 0 Å². The van der Waals surface area contributed by atoms with E-state index in [0.717, 1.165) is 0 Å². The van der Waals surface area contributed by atoms with E-state index in [1.165, 1.54) is 25.7 Å². The Morgan fingerprint density at radius 2 is 1.83 bits per heavy atom. The van der Waals surface area contributed by atoms with Crippen LogP contribution in [0, 0.1) is 5.92 Å². The summed E-state index contributed by atoms with van der Waals surface area (Å²) < 4.78 is 5.55. The van der Waals surface area contributed by atoms with Gasteiger partial charge in [0, 0.05) is 7.11 Å². The molecule has 74 valence electrons. The van der Waals surface area contributed by atoms with E-state index in [1.54, 1.807) is 0 Å². The fourth-order valence-electron chi connectivity index (χ4n) is 1.35. The molecular weight excluding hydrogens is 148 g/mol. The van der Waals surface area contributed by atoms with Crippen molar-refractivity contribution in [2.75, 3.05) is 7.11 Å². The van der Waals surface area contributed by atoms with Crippen molar-refractivity contribution in [1.82, 2.24) is 0 Å². The molecule has 1 heteroatoms. The minimum absolute atomic E-state index is 0.0924. The Hall–Kier alpha value is -0.0400. The molecule has 0 saturated carbocycles. The maximum atomic E-state index is 5.55. The van der Waals surface area contributed by atoms with Crippen molar-refractivity contribution >= 4 is 0 Å². The molecule has 0 aromatic rings. The lowest BCUT2D eigenvalue weighted by atomic mass is 9.87. The SMILES string of the molecule is CCCCCC(C)(OC)C(C)C. The number of methoxy groups -OCH3 is 1. The van der Waals surface area contributed by atoms with Gasteiger partial charge in [0.25, 0.3) is 0 Å². The molecule has 0 fully saturated rings. The average molecular weight is 172 g/mol. The summed E-state index contributed by atoms with van der Waals surface area (Å²) in [5, 5.41) is 0. The van der Waals surface area contributed by atoms with Crippen LogP contribution in [0.25, 0.3) is 0 Å². The minimum atomic E-state index is 0.0924. The van der Waals surface area contributed by atoms with E-state index < -0.39 is 0 Å². The van der Waals surface area contributed by atoms with Crippen LogP contribution in [0.15, 0.2) is 0 Å². The topological polar surface area (TPSA) is 9.23 Å². The molecule has 0 aliphatic heterocycles. The number of hydrogen-bond donors (Lipinski definition) is 0. The minimum Gasteiger partial charge on any atom is -0.378 e. The number of unbranched alkanes of at least 4 members (excludes halogenated alkanes) is 2. The van der Waals surface area contributed by atoms with Crippen LogP contribution in [0.5, 0.6) is 0 Å². The van der Waals surface area contributed by atoms with Crippen LogP contribution < -0.4 is 0 Å². The highest BCUT2D eigenvalue weighted by Crippen LogP contribution is 2.26. The second-order valence-electron chi connectivity index (χ2n) is 4.13. The van der Waals surface area contributed by atoms with E-state index in [9.17, 15) is 0 Å². The van der Waals surface area contributed by atoms with Crippen molar-refractivity contribution in [2.24, 2.45) is 5.92 Å². The van der Waals surface area contributed by atoms with Gasteiger partial charge < -0.3 is 4.74 Å². The van der Waals surface area contributed by atoms with Gasteiger partial charge in [0.05, 0.1) is 5.60 Å². The van der Waals surface area contributed by atoms with E-state index in [0.29, 0.717) is 5.92 Å². The molecule has 0 aromatic carbocycles. The predicted octanol–water partition coefficient (Wildman–Crippen LogP) is 3.63. The monoisotopic (exact) mass is 172 g/mol. The summed E-state index contributed by atoms with van der Waals surface area (Å²) in [4.78, 5) is 0. The van der Waals surface area contributed by atoms with Gasteiger partial charge in [-0.1, -0.05) is 40.0 Å². The summed E-state index contributed by atoms with van der Waals surface area (Å²) in [6, 6.07) is 0. The molecule has 0 aliphatic rings. The smallest absolute Gasteiger partial charge is 0.0673 e. The Labute approximate surface area is 77.5 Å². The Kier molecular flexibility index (Phi) is 5.56. The molecule has 0 aliphatic carbocycles. The van der Waals surface area contributed by atoms with Crippen LogP contribution in [-0.2, 0) is 4.74 Å². The summed E-state index contributed by atoms with van der Waals surface area (Å²) in [6.45, 7) is 8.91. The second-order valence-corrected chi connectivity index (χ2v) is 4.13. The first-order chi connectivity index (χ1) is 5.56. The van der Waals surface area contributed by atoms with E-state index >= 15 is 0 Å². The van der Waals surface area contributed by atoms with Gasteiger partial charge in [0.15, 0.2) is 0 Å². The van der Waals surface area contributed by atoms with E-state index in [1.807, 2.05) is 7.11 Å². The Morgan fingerprint density at radius 3 is 2.17 bits per heavy atom. The standard InChI is InChI=1S/C11H24O/c1-6-7-8-9-11(4,12-5)10(2)3/h10H,6-9H2,1-5H3. The third kappa shape index (κ3) is 3.57. The molecule has 0 rings (SSSR count). The van der Waals surface area contributed by atoms with Crippen LogP contribution in [0.1, 0.15) is 53.4 Å². The molecule has 12 heavy (non-hydrogen) atoms. The summed E-state index contributed by atoms with van der Waals surface area (Å²) in [5.41, 5.74) is 0.0924. The lowest BCUT2D eigenvalue weighted by molar-refractivity contribution is -0.0402. The lowest BCUT2D eigenvalue weighted by Gasteiger charge is -2.32. The van der Waals surface area contributed by atoms with Crippen LogP contribution in [-0.4, -0.2) is 12.7 Å². The average Bonchev–Trinajstić information content (AvgIpc) is 2.04. The number of ether oxygens (including phenoxy) is 1. The molecule has 0 bridgehead atoms. The Balaban J connectivity index is 3.80. The van der Waals surface area contributed by atoms with Crippen molar-refractivity contribution in [3.63, 3.8) is 0 Å². The predicted molar refractivity (Wildman–Crippen MR) is 54.4 cm³/mol. The van der Waals surface area contributed by atoms with Crippen LogP contribution >= 0.6 is 0 Å². The lowest BCUT2D eigenvalue weighted by Crippen LogP contribution is -2.33. The zero-order valence-electron chi connectivity index (χ0n) is 9.31. The maximum Gasteiger partial charge on any atom is 0.0673 e. The molecule has 0 spiro atoms. The van der Waals surface area contributed by atoms with Gasteiger partial charge in [0.2, 0.25) is 0 Å². The first-order valence-corrected chi connectivity index (χ1v) is 5.12. The van der Waals surface area contributed by atoms with E-state index in [4.69, 9.17) is 4.74 Å². The quantitative estimate of drug-likeness (QED) is 0.556. The van der Waals surface area contributed by atoms with Crippen molar-refractivity contribution < 1.29 is 4.74 Å². The molecule has 1 unspecified atom stereocenters. The third-order valence-electron chi connectivity index (χ3n) is 2.96. The largest absolute Gasteiger partial charge is 0.378 e. The van der Waals surface area contributed by atoms with Crippen LogP contribution in [0.2, 0.25) is 0 Å². The molecule has 0 amide bonds. The Morgan fingerprint density at radius 1 is 1.25 bits per heavy atom. The molecule has 0 radical (unpaired) electrons. The molecule has 0 saturated heterocycles. The van der Waals surface area contributed by atoms with E-state index in [2.05, 4.69) is 27.7 Å². The van der Waals surface area contributed by atoms with Crippen molar-refractivity contribution in [3.8, 4) is 0 Å². The number of rotatable bonds is 6. The highest BCUT2D eigenvalue weighted by molar-refractivity contribution is 4.78. The summed E-state index contributed by atoms with van der Waals surface area (Å²) in [7, 11) is 1.83. The first kappa shape index (κ1) is 12.0. The van der Waals surface area contributed by atoms with Crippen LogP contribution in [0.4, 0.5) is 0 Å². The van der Waals surface area contributed by atoms with Crippen molar-refractivity contribution in [2.45, 2.75) is 59.0 Å². The molecule has 0 aromatic heterocycles. The second kappa shape index (κ2) is 5.58. The summed E-state index contributed by atoms with van der Waals surface area (Å²) in [5.74, 6) is 0.611. The molecule has 1 atom stereocenters. The Bertz CT molecular complexity index is 110. The number of hydrogen-bond acceptors (Lipinski definition) is 1.